The number of hydrogen-bond acceptors (Lipinski definition) is 10. The molecule has 2 aliphatic heterocycles. The Morgan fingerprint density at radius 3 is 2.54 bits per heavy atom. The molecule has 1 saturated heterocycles. The molecule has 0 amide bonds. The van der Waals surface area contributed by atoms with Crippen LogP contribution < -0.4 is 19.3 Å². The first-order chi connectivity index (χ1) is 18.5. The number of alkyl halides is 3. The van der Waals surface area contributed by atoms with Gasteiger partial charge in [-0.25, -0.2) is 0 Å². The molecule has 4 rings (SSSR count). The lowest BCUT2D eigenvalue weighted by Crippen LogP contribution is -2.45. The number of carbonyl (C=O) groups is 1. The second kappa shape index (κ2) is 12.0. The number of fused-ring (bicyclic) bond motifs is 1. The molecule has 39 heavy (non-hydrogen) atoms. The lowest BCUT2D eigenvalue weighted by molar-refractivity contribution is -0.274. The topological polar surface area (TPSA) is 94.5 Å². The Morgan fingerprint density at radius 1 is 1.13 bits per heavy atom. The largest absolute Gasteiger partial charge is 0.573 e. The van der Waals surface area contributed by atoms with E-state index in [4.69, 9.17) is 9.72 Å². The number of allylic oxidation sites excluding steroid dienone is 1. The van der Waals surface area contributed by atoms with Crippen LogP contribution in [0.4, 0.5) is 24.7 Å². The molecule has 0 aliphatic carbocycles. The van der Waals surface area contributed by atoms with Gasteiger partial charge in [0.05, 0.1) is 17.9 Å². The van der Waals surface area contributed by atoms with E-state index in [9.17, 15) is 23.1 Å². The first-order valence-electron chi connectivity index (χ1n) is 12.7. The highest BCUT2D eigenvalue weighted by Crippen LogP contribution is 2.37. The minimum absolute atomic E-state index is 0.155. The molecule has 13 heteroatoms. The van der Waals surface area contributed by atoms with Gasteiger partial charge < -0.3 is 34.2 Å². The summed E-state index contributed by atoms with van der Waals surface area (Å²) in [6.07, 6.45) is -0.505. The van der Waals surface area contributed by atoms with Crippen molar-refractivity contribution in [2.24, 2.45) is 0 Å². The lowest BCUT2D eigenvalue weighted by Gasteiger charge is -2.38. The summed E-state index contributed by atoms with van der Waals surface area (Å²) in [7, 11) is 3.89. The Balaban J connectivity index is 1.63. The number of likely N-dealkylation sites (N-methyl/N-ethyl adjacent to an activating group) is 1. The fraction of sp³-hybridized carbons (Fsp3) is 0.500. The molecule has 2 aromatic rings. The number of hydrogen-bond donors (Lipinski definition) is 1. The molecule has 1 atom stereocenters. The number of piperazine rings is 1. The van der Waals surface area contributed by atoms with Crippen LogP contribution in [0, 0.1) is 0 Å². The van der Waals surface area contributed by atoms with E-state index < -0.39 is 12.1 Å². The molecule has 0 saturated carbocycles. The summed E-state index contributed by atoms with van der Waals surface area (Å²) in [6, 6.07) is 3.67. The zero-order valence-corrected chi connectivity index (χ0v) is 22.2. The molecule has 10 nitrogen and oxygen atoms in total. The number of phenols is 1. The molecule has 1 aromatic heterocycles. The van der Waals surface area contributed by atoms with E-state index in [0.29, 0.717) is 51.4 Å². The highest BCUT2D eigenvalue weighted by atomic mass is 19.4. The van der Waals surface area contributed by atoms with Crippen molar-refractivity contribution in [3.05, 3.63) is 41.7 Å². The normalized spacial score (nSPS) is 16.9. The number of nitrogens with zero attached hydrogens (tertiary/aromatic N) is 6. The highest BCUT2D eigenvalue weighted by molar-refractivity contribution is 5.64. The van der Waals surface area contributed by atoms with Gasteiger partial charge in [-0.1, -0.05) is 0 Å². The molecule has 1 N–H and O–H groups in total. The molecule has 0 unspecified atom stereocenters. The van der Waals surface area contributed by atoms with Crippen molar-refractivity contribution in [1.82, 2.24) is 19.8 Å². The number of ether oxygens (including phenoxy) is 2. The van der Waals surface area contributed by atoms with Gasteiger partial charge >= 0.3 is 12.4 Å². The number of benzene rings is 1. The van der Waals surface area contributed by atoms with Gasteiger partial charge in [-0.05, 0) is 45.6 Å². The first-order valence-corrected chi connectivity index (χ1v) is 12.7. The zero-order valence-electron chi connectivity index (χ0n) is 22.2. The quantitative estimate of drug-likeness (QED) is 0.371. The van der Waals surface area contributed by atoms with E-state index in [0.717, 1.165) is 23.7 Å². The van der Waals surface area contributed by atoms with Gasteiger partial charge in [0.1, 0.15) is 29.7 Å². The van der Waals surface area contributed by atoms with E-state index in [2.05, 4.69) is 19.5 Å². The summed E-state index contributed by atoms with van der Waals surface area (Å²) in [5.74, 6) is 0.203. The van der Waals surface area contributed by atoms with Gasteiger partial charge in [0.15, 0.2) is 0 Å². The van der Waals surface area contributed by atoms with Crippen LogP contribution in [0.15, 0.2) is 30.5 Å². The molecule has 0 bridgehead atoms. The second-order valence-corrected chi connectivity index (χ2v) is 9.82. The first kappa shape index (κ1) is 28.3. The smallest absolute Gasteiger partial charge is 0.506 e. The van der Waals surface area contributed by atoms with Gasteiger partial charge in [-0.3, -0.25) is 4.79 Å². The van der Waals surface area contributed by atoms with Gasteiger partial charge in [0, 0.05) is 57.1 Å². The van der Waals surface area contributed by atoms with Crippen molar-refractivity contribution >= 4 is 17.8 Å². The van der Waals surface area contributed by atoms with Crippen LogP contribution in [-0.4, -0.2) is 97.0 Å². The number of aldehydes is 1. The Morgan fingerprint density at radius 2 is 1.87 bits per heavy atom. The van der Waals surface area contributed by atoms with E-state index >= 15 is 0 Å². The minimum atomic E-state index is -4.84. The van der Waals surface area contributed by atoms with E-state index in [-0.39, 0.29) is 30.1 Å². The van der Waals surface area contributed by atoms with Crippen molar-refractivity contribution in [3.8, 4) is 17.5 Å². The average Bonchev–Trinajstić information content (AvgIpc) is 2.86. The summed E-state index contributed by atoms with van der Waals surface area (Å²) in [5, 5.41) is 10.5. The molecule has 212 valence electrons. The fourth-order valence-corrected chi connectivity index (χ4v) is 4.83. The average molecular weight is 551 g/mol. The molecule has 1 fully saturated rings. The molecule has 0 spiro atoms. The summed E-state index contributed by atoms with van der Waals surface area (Å²) in [4.78, 5) is 28.1. The number of carbonyl (C=O) groups excluding carboxylic acids is 1. The van der Waals surface area contributed by atoms with E-state index in [1.165, 1.54) is 18.2 Å². The zero-order chi connectivity index (χ0) is 28.2. The predicted octanol–water partition coefficient (Wildman–Crippen LogP) is 2.81. The standard InChI is InChI=1S/C26H33F3N6O4/c1-18(16-32(2)3)38-25-30-21-17-35(22-15-19(5-6-23(22)37)39-26(27,28)29)9-7-20(21)24(31-25)34-12-10-33(11-13-34)8-4-14-36/h4-6,8,14-15,18,37H,7,9-13,16-17H2,1-3H3/t18-/m1/s1. The van der Waals surface area contributed by atoms with E-state index in [1.807, 2.05) is 25.9 Å². The molecule has 1 aromatic carbocycles. The third-order valence-electron chi connectivity index (χ3n) is 6.46. The van der Waals surface area contributed by atoms with Crippen LogP contribution in [0.3, 0.4) is 0 Å². The van der Waals surface area contributed by atoms with Gasteiger partial charge in [0.2, 0.25) is 0 Å². The molecule has 3 heterocycles. The van der Waals surface area contributed by atoms with Crippen molar-refractivity contribution < 1.29 is 32.5 Å². The number of aromatic hydroxyl groups is 1. The van der Waals surface area contributed by atoms with Crippen LogP contribution in [-0.2, 0) is 17.8 Å². The van der Waals surface area contributed by atoms with Crippen LogP contribution in [0.1, 0.15) is 18.2 Å². The number of halogens is 3. The number of phenolic OH excluding ortho intramolecular Hbond substituents is 1. The summed E-state index contributed by atoms with van der Waals surface area (Å²) >= 11 is 0. The number of anilines is 2. The monoisotopic (exact) mass is 550 g/mol. The Kier molecular flexibility index (Phi) is 8.68. The van der Waals surface area contributed by atoms with Crippen molar-refractivity contribution in [1.29, 1.82) is 0 Å². The van der Waals surface area contributed by atoms with Gasteiger partial charge in [-0.15, -0.1) is 13.2 Å². The van der Waals surface area contributed by atoms with Crippen molar-refractivity contribution in [2.45, 2.75) is 32.4 Å². The van der Waals surface area contributed by atoms with Crippen LogP contribution >= 0.6 is 0 Å². The van der Waals surface area contributed by atoms with Crippen molar-refractivity contribution in [3.63, 3.8) is 0 Å². The van der Waals surface area contributed by atoms with Gasteiger partial charge in [-0.2, -0.15) is 9.97 Å². The maximum atomic E-state index is 12.8. The van der Waals surface area contributed by atoms with E-state index in [1.54, 1.807) is 11.1 Å². The molecular weight excluding hydrogens is 517 g/mol. The maximum absolute atomic E-state index is 12.8. The molecular formula is C26H33F3N6O4. The van der Waals surface area contributed by atoms with Gasteiger partial charge in [0.25, 0.3) is 0 Å². The highest BCUT2D eigenvalue weighted by Gasteiger charge is 2.32. The Labute approximate surface area is 225 Å². The third kappa shape index (κ3) is 7.43. The molecule has 0 radical (unpaired) electrons. The number of aromatic nitrogens is 2. The lowest BCUT2D eigenvalue weighted by atomic mass is 10.0. The fourth-order valence-electron chi connectivity index (χ4n) is 4.83. The maximum Gasteiger partial charge on any atom is 0.573 e. The molecule has 2 aliphatic rings. The van der Waals surface area contributed by atoms with Crippen molar-refractivity contribution in [2.75, 3.05) is 63.2 Å². The SMILES string of the molecule is C[C@H](CN(C)C)Oc1nc2c(c(N3CCN(C=CC=O)CC3)n1)CCN(c1cc(OC(F)(F)F)ccc1O)C2. The summed E-state index contributed by atoms with van der Waals surface area (Å²) in [5.41, 5.74) is 1.85. The third-order valence-corrected chi connectivity index (χ3v) is 6.46. The Bertz CT molecular complexity index is 1190. The predicted molar refractivity (Wildman–Crippen MR) is 139 cm³/mol. The van der Waals surface area contributed by atoms with Crippen LogP contribution in [0.2, 0.25) is 0 Å². The summed E-state index contributed by atoms with van der Waals surface area (Å²) < 4.78 is 48.5. The number of rotatable bonds is 9. The van der Waals surface area contributed by atoms with Crippen LogP contribution in [0.5, 0.6) is 17.5 Å². The second-order valence-electron chi connectivity index (χ2n) is 9.82. The minimum Gasteiger partial charge on any atom is -0.506 e. The summed E-state index contributed by atoms with van der Waals surface area (Å²) in [6.45, 7) is 6.05. The van der Waals surface area contributed by atoms with Crippen LogP contribution in [0.25, 0.3) is 0 Å². The Hall–Kier alpha value is -3.74.